The first kappa shape index (κ1) is 14.8. The van der Waals surface area contributed by atoms with Gasteiger partial charge in [-0.25, -0.2) is 0 Å². The molecule has 1 N–H and O–H groups in total. The highest BCUT2D eigenvalue weighted by molar-refractivity contribution is 5.81. The van der Waals surface area contributed by atoms with Gasteiger partial charge in [0.1, 0.15) is 6.10 Å². The smallest absolute Gasteiger partial charge is 0.251 e. The van der Waals surface area contributed by atoms with Crippen LogP contribution in [-0.4, -0.2) is 49.2 Å². The summed E-state index contributed by atoms with van der Waals surface area (Å²) in [6, 6.07) is 0.518. The predicted molar refractivity (Wildman–Crippen MR) is 76.0 cm³/mol. The lowest BCUT2D eigenvalue weighted by Gasteiger charge is -2.35. The van der Waals surface area contributed by atoms with Crippen LogP contribution in [0, 0.1) is 11.8 Å². The molecule has 1 amide bonds. The van der Waals surface area contributed by atoms with Gasteiger partial charge in [-0.1, -0.05) is 20.8 Å². The fraction of sp³-hybridized carbons (Fsp3) is 0.933. The minimum absolute atomic E-state index is 0.184. The second-order valence-electron chi connectivity index (χ2n) is 6.41. The highest BCUT2D eigenvalue weighted by Gasteiger charge is 2.35. The molecule has 3 unspecified atom stereocenters. The maximum Gasteiger partial charge on any atom is 0.251 e. The van der Waals surface area contributed by atoms with Gasteiger partial charge in [-0.3, -0.25) is 4.79 Å². The maximum absolute atomic E-state index is 12.5. The van der Waals surface area contributed by atoms with Crippen LogP contribution in [0.15, 0.2) is 0 Å². The van der Waals surface area contributed by atoms with Crippen molar-refractivity contribution in [2.75, 3.05) is 26.2 Å². The minimum Gasteiger partial charge on any atom is -0.368 e. The van der Waals surface area contributed by atoms with Gasteiger partial charge in [0.2, 0.25) is 0 Å². The van der Waals surface area contributed by atoms with Gasteiger partial charge in [-0.05, 0) is 37.6 Å². The fourth-order valence-electron chi connectivity index (χ4n) is 3.03. The van der Waals surface area contributed by atoms with Gasteiger partial charge in [-0.15, -0.1) is 0 Å². The summed E-state index contributed by atoms with van der Waals surface area (Å²) >= 11 is 0. The predicted octanol–water partition coefficient (Wildman–Crippen LogP) is 1.65. The zero-order chi connectivity index (χ0) is 13.8. The zero-order valence-corrected chi connectivity index (χ0v) is 12.5. The molecule has 0 radical (unpaired) electrons. The molecule has 3 atom stereocenters. The quantitative estimate of drug-likeness (QED) is 0.843. The number of rotatable bonds is 4. The standard InChI is InChI=1S/C15H28N2O2/c1-11(2)16-9-13-5-4-7-17(10-13)15(18)14-12(3)6-8-19-14/h11-14,16H,4-10H2,1-3H3. The Bertz CT molecular complexity index is 307. The summed E-state index contributed by atoms with van der Waals surface area (Å²) in [5.74, 6) is 1.19. The first-order valence-electron chi connectivity index (χ1n) is 7.71. The van der Waals surface area contributed by atoms with Crippen LogP contribution in [0.4, 0.5) is 0 Å². The van der Waals surface area contributed by atoms with Crippen molar-refractivity contribution in [1.82, 2.24) is 10.2 Å². The molecule has 2 fully saturated rings. The number of ether oxygens (including phenoxy) is 1. The Labute approximate surface area is 116 Å². The molecule has 2 aliphatic rings. The fourth-order valence-corrected chi connectivity index (χ4v) is 3.03. The number of carbonyl (C=O) groups is 1. The van der Waals surface area contributed by atoms with Crippen molar-refractivity contribution in [2.45, 2.75) is 52.2 Å². The molecule has 2 saturated heterocycles. The Hall–Kier alpha value is -0.610. The van der Waals surface area contributed by atoms with E-state index in [1.165, 1.54) is 6.42 Å². The highest BCUT2D eigenvalue weighted by Crippen LogP contribution is 2.24. The Morgan fingerprint density at radius 1 is 1.42 bits per heavy atom. The molecule has 0 aromatic carbocycles. The average Bonchev–Trinajstić information content (AvgIpc) is 2.82. The third kappa shape index (κ3) is 3.93. The summed E-state index contributed by atoms with van der Waals surface area (Å²) < 4.78 is 5.61. The molecule has 2 rings (SSSR count). The summed E-state index contributed by atoms with van der Waals surface area (Å²) in [4.78, 5) is 14.5. The Kier molecular flexibility index (Phi) is 5.22. The van der Waals surface area contributed by atoms with Crippen molar-refractivity contribution < 1.29 is 9.53 Å². The van der Waals surface area contributed by atoms with Crippen molar-refractivity contribution in [1.29, 1.82) is 0 Å². The normalized spacial score (nSPS) is 32.0. The SMILES string of the molecule is CC(C)NCC1CCCN(C(=O)C2OCCC2C)C1. The van der Waals surface area contributed by atoms with E-state index in [0.29, 0.717) is 17.9 Å². The van der Waals surface area contributed by atoms with Crippen LogP contribution in [0.1, 0.15) is 40.0 Å². The first-order valence-corrected chi connectivity index (χ1v) is 7.71. The topological polar surface area (TPSA) is 41.6 Å². The third-order valence-electron chi connectivity index (χ3n) is 4.28. The van der Waals surface area contributed by atoms with Crippen molar-refractivity contribution in [3.05, 3.63) is 0 Å². The summed E-state index contributed by atoms with van der Waals surface area (Å²) in [7, 11) is 0. The summed E-state index contributed by atoms with van der Waals surface area (Å²) in [5.41, 5.74) is 0. The van der Waals surface area contributed by atoms with Crippen molar-refractivity contribution in [3.8, 4) is 0 Å². The second kappa shape index (κ2) is 6.71. The molecule has 2 heterocycles. The van der Waals surface area contributed by atoms with Crippen LogP contribution in [0.3, 0.4) is 0 Å². The number of hydrogen-bond donors (Lipinski definition) is 1. The van der Waals surface area contributed by atoms with Gasteiger partial charge in [0.15, 0.2) is 0 Å². The van der Waals surface area contributed by atoms with Crippen molar-refractivity contribution in [3.63, 3.8) is 0 Å². The molecule has 0 spiro atoms. The van der Waals surface area contributed by atoms with E-state index in [-0.39, 0.29) is 12.0 Å². The molecule has 110 valence electrons. The third-order valence-corrected chi connectivity index (χ3v) is 4.28. The number of likely N-dealkylation sites (tertiary alicyclic amines) is 1. The van der Waals surface area contributed by atoms with Crippen molar-refractivity contribution in [2.24, 2.45) is 11.8 Å². The summed E-state index contributed by atoms with van der Waals surface area (Å²) in [6.07, 6.45) is 3.18. The van der Waals surface area contributed by atoms with E-state index in [2.05, 4.69) is 26.1 Å². The van der Waals surface area contributed by atoms with Gasteiger partial charge in [0, 0.05) is 25.7 Å². The molecule has 0 aromatic rings. The van der Waals surface area contributed by atoms with Gasteiger partial charge in [0.25, 0.3) is 5.91 Å². The van der Waals surface area contributed by atoms with Crippen LogP contribution >= 0.6 is 0 Å². The van der Waals surface area contributed by atoms with E-state index < -0.39 is 0 Å². The molecule has 0 bridgehead atoms. The number of hydrogen-bond acceptors (Lipinski definition) is 3. The molecule has 2 aliphatic heterocycles. The van der Waals surface area contributed by atoms with E-state index in [1.807, 2.05) is 4.90 Å². The first-order chi connectivity index (χ1) is 9.08. The van der Waals surface area contributed by atoms with Gasteiger partial charge < -0.3 is 15.0 Å². The maximum atomic E-state index is 12.5. The van der Waals surface area contributed by atoms with E-state index in [0.717, 1.165) is 39.1 Å². The van der Waals surface area contributed by atoms with Crippen molar-refractivity contribution >= 4 is 5.91 Å². The Morgan fingerprint density at radius 2 is 2.21 bits per heavy atom. The number of nitrogens with one attached hydrogen (secondary N) is 1. The zero-order valence-electron chi connectivity index (χ0n) is 12.5. The Balaban J connectivity index is 1.84. The minimum atomic E-state index is -0.184. The molecular weight excluding hydrogens is 240 g/mol. The molecule has 4 heteroatoms. The molecule has 0 saturated carbocycles. The molecule has 0 aliphatic carbocycles. The number of carbonyl (C=O) groups excluding carboxylic acids is 1. The number of nitrogens with zero attached hydrogens (tertiary/aromatic N) is 1. The van der Waals surface area contributed by atoms with E-state index in [4.69, 9.17) is 4.74 Å². The lowest BCUT2D eigenvalue weighted by atomic mass is 9.96. The van der Waals surface area contributed by atoms with E-state index in [9.17, 15) is 4.79 Å². The molecular formula is C15H28N2O2. The lowest BCUT2D eigenvalue weighted by Crippen LogP contribution is -2.48. The summed E-state index contributed by atoms with van der Waals surface area (Å²) in [5, 5.41) is 3.48. The number of piperidine rings is 1. The van der Waals surface area contributed by atoms with Crippen LogP contribution in [0.2, 0.25) is 0 Å². The summed E-state index contributed by atoms with van der Waals surface area (Å²) in [6.45, 7) is 10.0. The van der Waals surface area contributed by atoms with Gasteiger partial charge in [0.05, 0.1) is 0 Å². The average molecular weight is 268 g/mol. The largest absolute Gasteiger partial charge is 0.368 e. The van der Waals surface area contributed by atoms with Gasteiger partial charge in [-0.2, -0.15) is 0 Å². The van der Waals surface area contributed by atoms with E-state index in [1.54, 1.807) is 0 Å². The van der Waals surface area contributed by atoms with Crippen LogP contribution in [-0.2, 0) is 9.53 Å². The Morgan fingerprint density at radius 3 is 2.84 bits per heavy atom. The molecule has 19 heavy (non-hydrogen) atoms. The van der Waals surface area contributed by atoms with E-state index >= 15 is 0 Å². The second-order valence-corrected chi connectivity index (χ2v) is 6.41. The highest BCUT2D eigenvalue weighted by atomic mass is 16.5. The van der Waals surface area contributed by atoms with Gasteiger partial charge >= 0.3 is 0 Å². The van der Waals surface area contributed by atoms with Crippen LogP contribution < -0.4 is 5.32 Å². The van der Waals surface area contributed by atoms with Crippen LogP contribution in [0.5, 0.6) is 0 Å². The molecule has 0 aromatic heterocycles. The van der Waals surface area contributed by atoms with Crippen LogP contribution in [0.25, 0.3) is 0 Å². The molecule has 4 nitrogen and oxygen atoms in total. The number of amides is 1. The lowest BCUT2D eigenvalue weighted by molar-refractivity contribution is -0.144. The monoisotopic (exact) mass is 268 g/mol.